The molecule has 1 aliphatic heterocycles. The third-order valence-corrected chi connectivity index (χ3v) is 4.09. The maximum absolute atomic E-state index is 12.2. The summed E-state index contributed by atoms with van der Waals surface area (Å²) in [6.07, 6.45) is 1.67. The molecular formula is C13H18N2O4S. The minimum absolute atomic E-state index is 0.00972. The van der Waals surface area contributed by atoms with Crippen LogP contribution in [0.4, 0.5) is 5.13 Å². The molecule has 7 heteroatoms. The molecule has 2 unspecified atom stereocenters. The smallest absolute Gasteiger partial charge is 0.311 e. The lowest BCUT2D eigenvalue weighted by atomic mass is 9.99. The molecule has 110 valence electrons. The number of carbonyl (C=O) groups is 2. The zero-order valence-corrected chi connectivity index (χ0v) is 12.4. The standard InChI is InChI=1S/C13H18N2O4S/c1-3-10-9(4-5-19-10)12(17)15-13-14-8(7-20-13)6-11(16)18-2/h7,9-10H,3-6H2,1-2H3,(H,14,15,17). The number of carbonyl (C=O) groups excluding carboxylic acids is 2. The number of methoxy groups -OCH3 is 1. The predicted molar refractivity (Wildman–Crippen MR) is 74.6 cm³/mol. The van der Waals surface area contributed by atoms with Crippen LogP contribution in [-0.4, -0.2) is 36.7 Å². The summed E-state index contributed by atoms with van der Waals surface area (Å²) in [7, 11) is 1.34. The predicted octanol–water partition coefficient (Wildman–Crippen LogP) is 1.61. The number of nitrogens with one attached hydrogen (secondary N) is 1. The first-order valence-electron chi connectivity index (χ1n) is 6.57. The molecule has 0 aliphatic carbocycles. The lowest BCUT2D eigenvalue weighted by Crippen LogP contribution is -2.29. The van der Waals surface area contributed by atoms with Crippen molar-refractivity contribution in [3.63, 3.8) is 0 Å². The molecule has 2 heterocycles. The maximum Gasteiger partial charge on any atom is 0.311 e. The molecule has 1 amide bonds. The average Bonchev–Trinajstić information content (AvgIpc) is 3.07. The second-order valence-electron chi connectivity index (χ2n) is 4.60. The summed E-state index contributed by atoms with van der Waals surface area (Å²) in [5.74, 6) is -0.523. The number of ether oxygens (including phenoxy) is 2. The van der Waals surface area contributed by atoms with Crippen LogP contribution >= 0.6 is 11.3 Å². The minimum atomic E-state index is -0.344. The molecular weight excluding hydrogens is 280 g/mol. The minimum Gasteiger partial charge on any atom is -0.469 e. The van der Waals surface area contributed by atoms with E-state index in [1.807, 2.05) is 6.92 Å². The van der Waals surface area contributed by atoms with Crippen LogP contribution in [0.2, 0.25) is 0 Å². The first-order chi connectivity index (χ1) is 9.63. The van der Waals surface area contributed by atoms with Gasteiger partial charge in [0, 0.05) is 12.0 Å². The highest BCUT2D eigenvalue weighted by Crippen LogP contribution is 2.25. The van der Waals surface area contributed by atoms with Crippen molar-refractivity contribution < 1.29 is 19.1 Å². The van der Waals surface area contributed by atoms with Gasteiger partial charge in [-0.25, -0.2) is 4.98 Å². The summed E-state index contributed by atoms with van der Waals surface area (Å²) >= 11 is 1.31. The highest BCUT2D eigenvalue weighted by Gasteiger charge is 2.33. The molecule has 0 spiro atoms. The van der Waals surface area contributed by atoms with Gasteiger partial charge in [-0.15, -0.1) is 11.3 Å². The Labute approximate surface area is 121 Å². The normalized spacial score (nSPS) is 21.7. The number of hydrogen-bond donors (Lipinski definition) is 1. The van der Waals surface area contributed by atoms with Crippen molar-refractivity contribution >= 4 is 28.3 Å². The van der Waals surface area contributed by atoms with Crippen LogP contribution in [0.15, 0.2) is 5.38 Å². The number of amides is 1. The number of nitrogens with zero attached hydrogens (tertiary/aromatic N) is 1. The van der Waals surface area contributed by atoms with Gasteiger partial charge in [0.05, 0.1) is 31.2 Å². The van der Waals surface area contributed by atoms with Gasteiger partial charge in [-0.3, -0.25) is 9.59 Å². The fraction of sp³-hybridized carbons (Fsp3) is 0.615. The topological polar surface area (TPSA) is 77.5 Å². The number of hydrogen-bond acceptors (Lipinski definition) is 6. The molecule has 1 aliphatic rings. The van der Waals surface area contributed by atoms with Gasteiger partial charge in [0.1, 0.15) is 0 Å². The van der Waals surface area contributed by atoms with Crippen LogP contribution in [0.1, 0.15) is 25.5 Å². The van der Waals surface area contributed by atoms with Crippen LogP contribution in [0.3, 0.4) is 0 Å². The molecule has 1 saturated heterocycles. The Morgan fingerprint density at radius 3 is 3.10 bits per heavy atom. The van der Waals surface area contributed by atoms with E-state index >= 15 is 0 Å². The summed E-state index contributed by atoms with van der Waals surface area (Å²) in [5.41, 5.74) is 0.604. The van der Waals surface area contributed by atoms with Crippen LogP contribution in [0.5, 0.6) is 0 Å². The van der Waals surface area contributed by atoms with Gasteiger partial charge in [-0.05, 0) is 12.8 Å². The maximum atomic E-state index is 12.2. The Hall–Kier alpha value is -1.47. The van der Waals surface area contributed by atoms with Gasteiger partial charge in [0.2, 0.25) is 5.91 Å². The van der Waals surface area contributed by atoms with Crippen LogP contribution < -0.4 is 5.32 Å². The van der Waals surface area contributed by atoms with E-state index in [2.05, 4.69) is 15.0 Å². The van der Waals surface area contributed by atoms with Crippen LogP contribution in [0, 0.1) is 5.92 Å². The first-order valence-corrected chi connectivity index (χ1v) is 7.45. The third-order valence-electron chi connectivity index (χ3n) is 3.28. The molecule has 6 nitrogen and oxygen atoms in total. The van der Waals surface area contributed by atoms with E-state index in [9.17, 15) is 9.59 Å². The molecule has 1 N–H and O–H groups in total. The Morgan fingerprint density at radius 1 is 1.60 bits per heavy atom. The number of thiazole rings is 1. The van der Waals surface area contributed by atoms with Gasteiger partial charge in [-0.2, -0.15) is 0 Å². The second kappa shape index (κ2) is 6.81. The quantitative estimate of drug-likeness (QED) is 0.836. The summed E-state index contributed by atoms with van der Waals surface area (Å²) < 4.78 is 10.1. The van der Waals surface area contributed by atoms with E-state index < -0.39 is 0 Å². The molecule has 20 heavy (non-hydrogen) atoms. The Bertz CT molecular complexity index is 488. The van der Waals surface area contributed by atoms with Crippen molar-refractivity contribution in [2.45, 2.75) is 32.3 Å². The molecule has 1 fully saturated rings. The first kappa shape index (κ1) is 14.9. The molecule has 0 aromatic carbocycles. The molecule has 0 saturated carbocycles. The number of esters is 1. The largest absolute Gasteiger partial charge is 0.469 e. The van der Waals surface area contributed by atoms with E-state index in [1.165, 1.54) is 18.4 Å². The van der Waals surface area contributed by atoms with E-state index in [-0.39, 0.29) is 30.3 Å². The fourth-order valence-corrected chi connectivity index (χ4v) is 2.93. The van der Waals surface area contributed by atoms with E-state index in [1.54, 1.807) is 5.38 Å². The van der Waals surface area contributed by atoms with Crippen molar-refractivity contribution in [2.75, 3.05) is 19.0 Å². The SMILES string of the molecule is CCC1OCCC1C(=O)Nc1nc(CC(=O)OC)cs1. The summed E-state index contributed by atoms with van der Waals surface area (Å²) in [4.78, 5) is 27.5. The number of anilines is 1. The molecule has 2 rings (SSSR count). The van der Waals surface area contributed by atoms with E-state index in [4.69, 9.17) is 4.74 Å². The summed E-state index contributed by atoms with van der Waals surface area (Å²) in [6, 6.07) is 0. The van der Waals surface area contributed by atoms with Gasteiger partial charge in [0.15, 0.2) is 5.13 Å². The molecule has 0 bridgehead atoms. The van der Waals surface area contributed by atoms with Crippen molar-refractivity contribution in [3.8, 4) is 0 Å². The highest BCUT2D eigenvalue weighted by molar-refractivity contribution is 7.13. The monoisotopic (exact) mass is 298 g/mol. The zero-order chi connectivity index (χ0) is 14.5. The molecule has 1 aromatic heterocycles. The van der Waals surface area contributed by atoms with Crippen molar-refractivity contribution in [3.05, 3.63) is 11.1 Å². The molecule has 1 aromatic rings. The van der Waals surface area contributed by atoms with Crippen LogP contribution in [0.25, 0.3) is 0 Å². The summed E-state index contributed by atoms with van der Waals surface area (Å²) in [5, 5.41) is 5.05. The van der Waals surface area contributed by atoms with Crippen molar-refractivity contribution in [2.24, 2.45) is 5.92 Å². The molecule has 2 atom stereocenters. The highest BCUT2D eigenvalue weighted by atomic mass is 32.1. The van der Waals surface area contributed by atoms with E-state index in [0.29, 0.717) is 17.4 Å². The van der Waals surface area contributed by atoms with E-state index in [0.717, 1.165) is 12.8 Å². The van der Waals surface area contributed by atoms with Gasteiger partial charge in [-0.1, -0.05) is 6.92 Å². The zero-order valence-electron chi connectivity index (χ0n) is 11.5. The van der Waals surface area contributed by atoms with Crippen LogP contribution in [-0.2, 0) is 25.5 Å². The lowest BCUT2D eigenvalue weighted by molar-refractivity contribution is -0.139. The second-order valence-corrected chi connectivity index (χ2v) is 5.46. The Kier molecular flexibility index (Phi) is 5.08. The fourth-order valence-electron chi connectivity index (χ4n) is 2.21. The van der Waals surface area contributed by atoms with Crippen molar-refractivity contribution in [1.82, 2.24) is 4.98 Å². The molecule has 0 radical (unpaired) electrons. The summed E-state index contributed by atoms with van der Waals surface area (Å²) in [6.45, 7) is 2.64. The third kappa shape index (κ3) is 3.55. The average molecular weight is 298 g/mol. The van der Waals surface area contributed by atoms with Gasteiger partial charge >= 0.3 is 5.97 Å². The Morgan fingerprint density at radius 2 is 2.40 bits per heavy atom. The number of aromatic nitrogens is 1. The van der Waals surface area contributed by atoms with Gasteiger partial charge in [0.25, 0.3) is 0 Å². The lowest BCUT2D eigenvalue weighted by Gasteiger charge is -2.15. The Balaban J connectivity index is 1.93. The van der Waals surface area contributed by atoms with Gasteiger partial charge < -0.3 is 14.8 Å². The number of rotatable bonds is 5. The van der Waals surface area contributed by atoms with Crippen molar-refractivity contribution in [1.29, 1.82) is 0 Å².